The molecule has 10 saturated heterocycles. The Morgan fingerprint density at radius 2 is 0.781 bits per heavy atom. The van der Waals surface area contributed by atoms with Crippen LogP contribution in [0.25, 0.3) is 21.0 Å². The minimum atomic E-state index is -2.80. The number of imidazole rings is 3. The molecule has 5 spiro atoms. The minimum Gasteiger partial charge on any atom is -0.477 e. The number of benzene rings is 5. The fraction of sp³-hybridized carbons (Fsp3) is 0.422. The van der Waals surface area contributed by atoms with Crippen LogP contribution in [-0.2, 0) is 101 Å². The summed E-state index contributed by atoms with van der Waals surface area (Å²) in [4.78, 5) is 65.6. The van der Waals surface area contributed by atoms with Crippen LogP contribution in [0, 0.1) is 46.0 Å². The van der Waals surface area contributed by atoms with E-state index in [9.17, 15) is 60.9 Å². The molecule has 16 heterocycles. The smallest absolute Gasteiger partial charge is 0.354 e. The molecule has 0 bridgehead atoms. The Morgan fingerprint density at radius 3 is 1.11 bits per heavy atom. The molecule has 30 nitrogen and oxygen atoms in total. The first-order valence-electron chi connectivity index (χ1n) is 42.3. The predicted molar refractivity (Wildman–Crippen MR) is 493 cm³/mol. The maximum atomic E-state index is 12.9. The number of carbonyl (C=O) groups excluding carboxylic acids is 2. The maximum Gasteiger partial charge on any atom is 0.354 e. The van der Waals surface area contributed by atoms with E-state index in [0.29, 0.717) is 134 Å². The Hall–Kier alpha value is -10.5. The first kappa shape index (κ1) is 92.2. The molecule has 10 fully saturated rings. The van der Waals surface area contributed by atoms with Gasteiger partial charge in [0.15, 0.2) is 66.3 Å². The molecular weight excluding hydrogens is 1780 g/mol. The summed E-state index contributed by atoms with van der Waals surface area (Å²) >= 11 is 11.9. The van der Waals surface area contributed by atoms with Crippen molar-refractivity contribution in [3.63, 3.8) is 0 Å². The van der Waals surface area contributed by atoms with Gasteiger partial charge in [0.1, 0.15) is 34.3 Å². The first-order valence-corrected chi connectivity index (χ1v) is 52.1. The van der Waals surface area contributed by atoms with Gasteiger partial charge in [-0.3, -0.25) is 18.4 Å². The van der Waals surface area contributed by atoms with Crippen LogP contribution in [0.2, 0.25) is 10.0 Å². The van der Waals surface area contributed by atoms with Crippen molar-refractivity contribution in [3.05, 3.63) is 253 Å². The van der Waals surface area contributed by atoms with Crippen LogP contribution in [0.1, 0.15) is 105 Å². The number of amides is 2. The van der Waals surface area contributed by atoms with E-state index in [-0.39, 0.29) is 50.4 Å². The summed E-state index contributed by atoms with van der Waals surface area (Å²) in [5, 5.41) is 19.2. The van der Waals surface area contributed by atoms with Crippen molar-refractivity contribution < 1.29 is 66.0 Å². The van der Waals surface area contributed by atoms with Gasteiger partial charge in [0, 0.05) is 160 Å². The van der Waals surface area contributed by atoms with E-state index in [2.05, 4.69) is 89.0 Å². The number of hydrogen-bond donors (Lipinski definition) is 5. The van der Waals surface area contributed by atoms with Gasteiger partial charge in [0.25, 0.3) is 11.8 Å². The van der Waals surface area contributed by atoms with Crippen LogP contribution in [-0.4, -0.2) is 216 Å². The second kappa shape index (κ2) is 36.4. The lowest BCUT2D eigenvalue weighted by Crippen LogP contribution is -2.68. The second-order valence-corrected chi connectivity index (χ2v) is 46.9. The van der Waals surface area contributed by atoms with Gasteiger partial charge in [-0.15, -0.1) is 0 Å². The SMILES string of the molecule is CCc1nc2ccc(Cl)cn2c1C(=O)NCc1ccc(N2CC3(C2)CS(=O)(=O)C3)cc1.CCc1nc2ccc(Cl)cn2c1C(=O)O.CCc1nc2n(c1C(=O)NCc1ccc(N3CC4(C3)CS(=O)(=O)C4)cc1)CCCC2.NCc1ccc(N2CC3(C2)CS(=O)(=O)C3)cc1.O=S1(=O)CC2(CNC2)C1.[C-]#[N+]c1ccc(F)cc1.[C-]#[N+]c1ccc(N2CC3(C2)CS(=O)(=O)C3)cc1. The number of rotatable bonds is 15. The van der Waals surface area contributed by atoms with Crippen molar-refractivity contribution in [2.75, 3.05) is 143 Å². The largest absolute Gasteiger partial charge is 0.477 e. The van der Waals surface area contributed by atoms with Gasteiger partial charge >= 0.3 is 5.97 Å². The summed E-state index contributed by atoms with van der Waals surface area (Å²) in [6.45, 7) is 30.0. The molecule has 5 aromatic heterocycles. The lowest BCUT2D eigenvalue weighted by molar-refractivity contribution is 0.0687. The number of aromatic carboxylic acids is 1. The molecule has 128 heavy (non-hydrogen) atoms. The fourth-order valence-corrected chi connectivity index (χ4v) is 30.2. The number of carboxylic acid groups (broad SMARTS) is 1. The van der Waals surface area contributed by atoms with Crippen LogP contribution >= 0.6 is 23.2 Å². The number of sulfone groups is 5. The minimum absolute atomic E-state index is 0.00710. The van der Waals surface area contributed by atoms with Gasteiger partial charge in [-0.05, 0) is 134 Å². The first-order chi connectivity index (χ1) is 60.8. The average Bonchev–Trinajstić information content (AvgIpc) is 1.00. The highest BCUT2D eigenvalue weighted by Gasteiger charge is 2.59. The molecule has 0 aliphatic carbocycles. The number of hydrogen-bond acceptors (Lipinski definition) is 22. The highest BCUT2D eigenvalue weighted by Crippen LogP contribution is 2.48. The topological polar surface area (TPSA) is 378 Å². The molecule has 11 aliphatic rings. The Bertz CT molecular complexity index is 6530. The Kier molecular flexibility index (Phi) is 26.2. The average molecular weight is 1880 g/mol. The third-order valence-electron chi connectivity index (χ3n) is 24.9. The molecular formula is C90H101Cl2FN16O14S5. The van der Waals surface area contributed by atoms with Gasteiger partial charge in [0.2, 0.25) is 0 Å². The van der Waals surface area contributed by atoms with Crippen LogP contribution in [0.3, 0.4) is 0 Å². The standard InChI is InChI=1S/C22H23ClN4O3S.C22H28N4O3S.C12H12N2O2S.C12H16N2O2S.C10H9ClN2O2.C7H4FN.C5H9NO2S/c1-2-18-20(27-10-16(23)5-8-19(27)25-18)21(28)24-9-15-3-6-17(7-4-15)26-11-22(12-26)13-31(29,30)14-22;1-2-18-20(26-10-4-3-5-19(26)24-18)21(27)23-11-16-6-8-17(9-7-16)25-12-22(13-25)14-30(28,29)15-22;1-13-10-2-4-11(5-3-10)14-6-12(7-14)8-17(15,16)9-12;13-5-10-1-3-11(4-2-10)14-6-12(7-14)8-17(15,16)9-12;1-2-7-9(10(14)15)13-5-6(11)3-4-8(13)12-7;1-9-7-4-2-6(8)3-5-7;7-9(8)3-5(4-9)1-6-2-5/h3-8,10H,2,9,11-14H2,1H3,(H,24,28);6-9H,2-5,10-15H2,1H3,(H,23,27);2-5H,6-9H2;1-4H,5-9,13H2;3-5H,2H2,1H3,(H,14,15);2-5H;6H,1-4H2. The molecule has 6 N–H and O–H groups in total. The number of aromatic nitrogens is 6. The van der Waals surface area contributed by atoms with Crippen molar-refractivity contribution in [1.29, 1.82) is 0 Å². The number of nitrogens with two attached hydrogens (primary N) is 1. The summed E-state index contributed by atoms with van der Waals surface area (Å²) in [6, 6.07) is 44.2. The van der Waals surface area contributed by atoms with Gasteiger partial charge in [0.05, 0.1) is 97.8 Å². The third kappa shape index (κ3) is 20.7. The van der Waals surface area contributed by atoms with E-state index in [1.54, 1.807) is 53.2 Å². The lowest BCUT2D eigenvalue weighted by atomic mass is 9.82. The number of pyridine rings is 2. The van der Waals surface area contributed by atoms with Crippen LogP contribution in [0.15, 0.2) is 158 Å². The highest BCUT2D eigenvalue weighted by atomic mass is 35.5. The lowest BCUT2D eigenvalue weighted by Gasteiger charge is -2.55. The fourth-order valence-electron chi connectivity index (χ4n) is 19.1. The summed E-state index contributed by atoms with van der Waals surface area (Å²) in [7, 11) is -13.6. The van der Waals surface area contributed by atoms with Gasteiger partial charge in [-0.25, -0.2) is 75.9 Å². The third-order valence-corrected chi connectivity index (χ3v) is 35.9. The van der Waals surface area contributed by atoms with E-state index in [0.717, 1.165) is 160 Å². The molecule has 0 radical (unpaired) electrons. The number of halogens is 3. The molecule has 38 heteroatoms. The second-order valence-electron chi connectivity index (χ2n) is 35.7. The van der Waals surface area contributed by atoms with Crippen molar-refractivity contribution in [2.24, 2.45) is 32.8 Å². The number of carboxylic acids is 1. The quantitative estimate of drug-likeness (QED) is 0.0595. The summed E-state index contributed by atoms with van der Waals surface area (Å²) in [5.74, 6) is 3.09. The molecule has 11 aliphatic heterocycles. The number of aryl methyl sites for hydroxylation is 4. The zero-order chi connectivity index (χ0) is 91.2. The number of anilines is 4. The van der Waals surface area contributed by atoms with E-state index in [4.69, 9.17) is 47.2 Å². The van der Waals surface area contributed by atoms with E-state index < -0.39 is 55.2 Å². The molecule has 676 valence electrons. The zero-order valence-electron chi connectivity index (χ0n) is 71.1. The van der Waals surface area contributed by atoms with E-state index in [1.807, 2.05) is 81.4 Å². The Labute approximate surface area is 754 Å². The number of nitrogens with zero attached hydrogens (tertiary/aromatic N) is 12. The van der Waals surface area contributed by atoms with Crippen LogP contribution in [0.4, 0.5) is 38.5 Å². The molecule has 5 aromatic carbocycles. The zero-order valence-corrected chi connectivity index (χ0v) is 76.7. The van der Waals surface area contributed by atoms with Crippen molar-refractivity contribution in [3.8, 4) is 0 Å². The van der Waals surface area contributed by atoms with Crippen molar-refractivity contribution in [1.82, 2.24) is 44.3 Å². The van der Waals surface area contributed by atoms with Crippen molar-refractivity contribution in [2.45, 2.75) is 85.5 Å². The Morgan fingerprint density at radius 1 is 0.453 bits per heavy atom. The number of fused-ring (bicyclic) bond motifs is 3. The molecule has 0 atom stereocenters. The van der Waals surface area contributed by atoms with E-state index in [1.165, 1.54) is 28.7 Å². The Balaban J connectivity index is 0.000000120. The summed E-state index contributed by atoms with van der Waals surface area (Å²) in [5.41, 5.74) is 19.4. The molecule has 21 rings (SSSR count). The molecule has 10 aromatic rings. The monoisotopic (exact) mass is 1880 g/mol. The molecule has 2 amide bonds. The molecule has 0 unspecified atom stereocenters. The van der Waals surface area contributed by atoms with E-state index >= 15 is 0 Å². The summed E-state index contributed by atoms with van der Waals surface area (Å²) in [6.07, 6.45) is 8.45. The van der Waals surface area contributed by atoms with Crippen LogP contribution < -0.4 is 41.3 Å². The van der Waals surface area contributed by atoms with Crippen molar-refractivity contribution >= 4 is 136 Å². The van der Waals surface area contributed by atoms with Gasteiger partial charge in [-0.1, -0.05) is 105 Å². The number of carbonyl (C=O) groups is 3. The van der Waals surface area contributed by atoms with Gasteiger partial charge in [-0.2, -0.15) is 0 Å². The van der Waals surface area contributed by atoms with Gasteiger partial charge < -0.3 is 51.0 Å². The normalized spacial score (nSPS) is 20.1. The highest BCUT2D eigenvalue weighted by molar-refractivity contribution is 7.94. The van der Waals surface area contributed by atoms with Crippen LogP contribution in [0.5, 0.6) is 0 Å². The predicted octanol–water partition coefficient (Wildman–Crippen LogP) is 10.1. The molecule has 0 saturated carbocycles. The number of nitrogens with one attached hydrogen (secondary N) is 3. The maximum absolute atomic E-state index is 12.9. The summed E-state index contributed by atoms with van der Waals surface area (Å²) < 4.78 is 129.